The van der Waals surface area contributed by atoms with Crippen LogP contribution in [-0.2, 0) is 5.88 Å². The summed E-state index contributed by atoms with van der Waals surface area (Å²) in [6.45, 7) is 0. The average Bonchev–Trinajstić information content (AvgIpc) is 2.82. The molecule has 0 saturated heterocycles. The minimum absolute atomic E-state index is 0.612. The largest absolute Gasteiger partial charge is 0.530 e. The SMILES string of the molecule is ClCc1ccccc1.c1ccc(OP(Oc2ccccc2)Oc2ccccc2)cc1. The summed E-state index contributed by atoms with van der Waals surface area (Å²) < 4.78 is 17.5. The molecule has 4 aromatic carbocycles. The van der Waals surface area contributed by atoms with Crippen molar-refractivity contribution in [1.82, 2.24) is 0 Å². The van der Waals surface area contributed by atoms with Crippen LogP contribution in [-0.4, -0.2) is 0 Å². The third kappa shape index (κ3) is 7.79. The van der Waals surface area contributed by atoms with E-state index in [1.807, 2.05) is 121 Å². The van der Waals surface area contributed by atoms with Gasteiger partial charge in [0.1, 0.15) is 17.2 Å². The molecule has 0 radical (unpaired) electrons. The summed E-state index contributed by atoms with van der Waals surface area (Å²) in [5.41, 5.74) is 1.18. The maximum atomic E-state index is 5.84. The molecule has 5 heteroatoms. The van der Waals surface area contributed by atoms with Gasteiger partial charge in [0.05, 0.1) is 0 Å². The predicted molar refractivity (Wildman–Crippen MR) is 124 cm³/mol. The average molecular weight is 437 g/mol. The van der Waals surface area contributed by atoms with Gasteiger partial charge in [0.15, 0.2) is 0 Å². The molecule has 0 aliphatic heterocycles. The minimum atomic E-state index is -1.59. The molecular formula is C25H22ClO3P. The highest BCUT2D eigenvalue weighted by atomic mass is 35.5. The zero-order chi connectivity index (χ0) is 20.9. The molecule has 3 nitrogen and oxygen atoms in total. The van der Waals surface area contributed by atoms with Crippen LogP contribution in [0.15, 0.2) is 121 Å². The highest BCUT2D eigenvalue weighted by molar-refractivity contribution is 7.43. The molecule has 152 valence electrons. The molecule has 0 unspecified atom stereocenters. The predicted octanol–water partition coefficient (Wildman–Crippen LogP) is 7.88. The van der Waals surface area contributed by atoms with Crippen molar-refractivity contribution in [1.29, 1.82) is 0 Å². The van der Waals surface area contributed by atoms with E-state index in [1.54, 1.807) is 0 Å². The second-order valence-electron chi connectivity index (χ2n) is 6.06. The van der Waals surface area contributed by atoms with Crippen LogP contribution < -0.4 is 13.6 Å². The van der Waals surface area contributed by atoms with Gasteiger partial charge in [0.25, 0.3) is 0 Å². The van der Waals surface area contributed by atoms with Crippen LogP contribution in [0.4, 0.5) is 0 Å². The van der Waals surface area contributed by atoms with Gasteiger partial charge in [-0.2, -0.15) is 0 Å². The normalized spacial score (nSPS) is 9.93. The summed E-state index contributed by atoms with van der Waals surface area (Å²) in [5.74, 6) is 2.74. The Morgan fingerprint density at radius 1 is 0.467 bits per heavy atom. The number of hydrogen-bond acceptors (Lipinski definition) is 3. The van der Waals surface area contributed by atoms with Crippen molar-refractivity contribution in [3.8, 4) is 17.2 Å². The zero-order valence-corrected chi connectivity index (χ0v) is 18.0. The zero-order valence-electron chi connectivity index (χ0n) is 16.3. The Morgan fingerprint density at radius 2 is 0.767 bits per heavy atom. The first-order valence-corrected chi connectivity index (χ1v) is 11.1. The van der Waals surface area contributed by atoms with E-state index in [9.17, 15) is 0 Å². The lowest BCUT2D eigenvalue weighted by molar-refractivity contribution is 0.388. The molecule has 4 rings (SSSR count). The second kappa shape index (κ2) is 12.5. The Hall–Kier alpha value is -3.00. The Bertz CT molecular complexity index is 856. The summed E-state index contributed by atoms with van der Waals surface area (Å²) in [6.07, 6.45) is 0. The Balaban J connectivity index is 0.000000269. The molecule has 30 heavy (non-hydrogen) atoms. The van der Waals surface area contributed by atoms with E-state index in [0.29, 0.717) is 23.1 Å². The Morgan fingerprint density at radius 3 is 1.03 bits per heavy atom. The first kappa shape index (κ1) is 21.7. The van der Waals surface area contributed by atoms with E-state index in [4.69, 9.17) is 25.2 Å². The molecule has 0 aliphatic rings. The molecule has 0 spiro atoms. The molecule has 0 bridgehead atoms. The van der Waals surface area contributed by atoms with E-state index in [0.717, 1.165) is 0 Å². The van der Waals surface area contributed by atoms with Crippen molar-refractivity contribution >= 4 is 20.2 Å². The quantitative estimate of drug-likeness (QED) is 0.218. The van der Waals surface area contributed by atoms with Gasteiger partial charge in [0, 0.05) is 5.88 Å². The number of benzene rings is 4. The van der Waals surface area contributed by atoms with Crippen LogP contribution in [0.25, 0.3) is 0 Å². The smallest absolute Gasteiger partial charge is 0.409 e. The molecule has 0 atom stereocenters. The lowest BCUT2D eigenvalue weighted by Crippen LogP contribution is -2.02. The van der Waals surface area contributed by atoms with Crippen LogP contribution >= 0.6 is 20.2 Å². The first-order valence-electron chi connectivity index (χ1n) is 9.42. The first-order chi connectivity index (χ1) is 14.8. The minimum Gasteiger partial charge on any atom is -0.409 e. The van der Waals surface area contributed by atoms with Gasteiger partial charge >= 0.3 is 8.60 Å². The molecule has 0 fully saturated rings. The molecular weight excluding hydrogens is 415 g/mol. The number of alkyl halides is 1. The van der Waals surface area contributed by atoms with Crippen molar-refractivity contribution in [2.24, 2.45) is 0 Å². The van der Waals surface area contributed by atoms with Gasteiger partial charge in [-0.3, -0.25) is 0 Å². The van der Waals surface area contributed by atoms with Crippen molar-refractivity contribution in [3.63, 3.8) is 0 Å². The molecule has 0 saturated carbocycles. The fourth-order valence-electron chi connectivity index (χ4n) is 2.33. The van der Waals surface area contributed by atoms with Gasteiger partial charge in [0.2, 0.25) is 0 Å². The number of rotatable bonds is 7. The highest BCUT2D eigenvalue weighted by Crippen LogP contribution is 2.41. The van der Waals surface area contributed by atoms with Gasteiger partial charge in [-0.1, -0.05) is 84.9 Å². The molecule has 0 amide bonds. The monoisotopic (exact) mass is 436 g/mol. The van der Waals surface area contributed by atoms with Crippen LogP contribution in [0.5, 0.6) is 17.2 Å². The van der Waals surface area contributed by atoms with Crippen LogP contribution in [0.1, 0.15) is 5.56 Å². The van der Waals surface area contributed by atoms with Gasteiger partial charge < -0.3 is 13.6 Å². The highest BCUT2D eigenvalue weighted by Gasteiger charge is 2.19. The maximum absolute atomic E-state index is 5.84. The summed E-state index contributed by atoms with van der Waals surface area (Å²) >= 11 is 5.53. The fourth-order valence-corrected chi connectivity index (χ4v) is 3.50. The maximum Gasteiger partial charge on any atom is 0.530 e. The number of halogens is 1. The van der Waals surface area contributed by atoms with E-state index < -0.39 is 8.60 Å². The van der Waals surface area contributed by atoms with E-state index in [-0.39, 0.29) is 0 Å². The van der Waals surface area contributed by atoms with Crippen molar-refractivity contribution in [3.05, 3.63) is 127 Å². The molecule has 0 N–H and O–H groups in total. The Kier molecular flexibility index (Phi) is 9.07. The van der Waals surface area contributed by atoms with Crippen LogP contribution in [0, 0.1) is 0 Å². The molecule has 0 aliphatic carbocycles. The Labute approximate surface area is 183 Å². The standard InChI is InChI=1S/C18H15O3P.C7H7Cl/c1-4-10-16(11-5-1)19-22(20-17-12-6-2-7-13-17)21-18-14-8-3-9-15-18;8-6-7-4-2-1-3-5-7/h1-15H;1-5H,6H2. The van der Waals surface area contributed by atoms with E-state index in [2.05, 4.69) is 0 Å². The van der Waals surface area contributed by atoms with Crippen molar-refractivity contribution < 1.29 is 13.6 Å². The lowest BCUT2D eigenvalue weighted by atomic mass is 10.2. The van der Waals surface area contributed by atoms with E-state index in [1.165, 1.54) is 5.56 Å². The molecule has 4 aromatic rings. The van der Waals surface area contributed by atoms with Crippen molar-refractivity contribution in [2.45, 2.75) is 5.88 Å². The summed E-state index contributed by atoms with van der Waals surface area (Å²) in [7, 11) is -1.59. The van der Waals surface area contributed by atoms with Crippen LogP contribution in [0.2, 0.25) is 0 Å². The summed E-state index contributed by atoms with van der Waals surface area (Å²) in [4.78, 5) is 0. The van der Waals surface area contributed by atoms with Crippen molar-refractivity contribution in [2.75, 3.05) is 0 Å². The number of hydrogen-bond donors (Lipinski definition) is 0. The molecule has 0 aromatic heterocycles. The van der Waals surface area contributed by atoms with Crippen LogP contribution in [0.3, 0.4) is 0 Å². The lowest BCUT2D eigenvalue weighted by Gasteiger charge is -2.17. The third-order valence-corrected chi connectivity index (χ3v) is 5.15. The topological polar surface area (TPSA) is 27.7 Å². The summed E-state index contributed by atoms with van der Waals surface area (Å²) in [6, 6.07) is 38.5. The third-order valence-electron chi connectivity index (χ3n) is 3.77. The van der Waals surface area contributed by atoms with Gasteiger partial charge in [-0.15, -0.1) is 11.6 Å². The molecule has 0 heterocycles. The number of para-hydroxylation sites is 3. The van der Waals surface area contributed by atoms with Gasteiger partial charge in [-0.25, -0.2) is 0 Å². The van der Waals surface area contributed by atoms with Gasteiger partial charge in [-0.05, 0) is 42.0 Å². The second-order valence-corrected chi connectivity index (χ2v) is 7.32. The van der Waals surface area contributed by atoms with E-state index >= 15 is 0 Å². The summed E-state index contributed by atoms with van der Waals surface area (Å²) in [5, 5.41) is 0. The fraction of sp³-hybridized carbons (Fsp3) is 0.0400.